The lowest BCUT2D eigenvalue weighted by Gasteiger charge is -2.26. The van der Waals surface area contributed by atoms with Gasteiger partial charge in [0.25, 0.3) is 0 Å². The SMILES string of the molecule is C=C1C[C@H](O)C[C@H]2C[C@@H]1CC=C2C. The second-order valence-electron chi connectivity index (χ2n) is 4.57. The molecule has 13 heavy (non-hydrogen) atoms. The van der Waals surface area contributed by atoms with Gasteiger partial charge in [-0.25, -0.2) is 0 Å². The molecule has 0 spiro atoms. The van der Waals surface area contributed by atoms with Crippen LogP contribution in [-0.4, -0.2) is 11.2 Å². The monoisotopic (exact) mass is 178 g/mol. The molecule has 1 heteroatoms. The first kappa shape index (κ1) is 9.01. The van der Waals surface area contributed by atoms with E-state index in [1.807, 2.05) is 0 Å². The molecule has 1 fully saturated rings. The molecule has 1 saturated carbocycles. The van der Waals surface area contributed by atoms with Crippen molar-refractivity contribution >= 4 is 0 Å². The van der Waals surface area contributed by atoms with Gasteiger partial charge >= 0.3 is 0 Å². The van der Waals surface area contributed by atoms with Crippen LogP contribution in [0.3, 0.4) is 0 Å². The summed E-state index contributed by atoms with van der Waals surface area (Å²) < 4.78 is 0. The molecule has 2 aliphatic carbocycles. The minimum atomic E-state index is -0.149. The Morgan fingerprint density at radius 2 is 2.15 bits per heavy atom. The molecule has 0 aliphatic heterocycles. The molecule has 2 aliphatic rings. The maximum Gasteiger partial charge on any atom is 0.0583 e. The van der Waals surface area contributed by atoms with E-state index >= 15 is 0 Å². The predicted octanol–water partition coefficient (Wildman–Crippen LogP) is 2.67. The van der Waals surface area contributed by atoms with E-state index in [0.717, 1.165) is 19.3 Å². The number of allylic oxidation sites excluding steroid dienone is 2. The zero-order chi connectivity index (χ0) is 9.42. The van der Waals surface area contributed by atoms with E-state index < -0.39 is 0 Å². The van der Waals surface area contributed by atoms with Gasteiger partial charge in [0.1, 0.15) is 0 Å². The number of hydrogen-bond acceptors (Lipinski definition) is 1. The number of aliphatic hydroxyl groups excluding tert-OH is 1. The normalized spacial score (nSPS) is 39.7. The Labute approximate surface area is 80.2 Å². The van der Waals surface area contributed by atoms with Crippen LogP contribution in [0.5, 0.6) is 0 Å². The van der Waals surface area contributed by atoms with E-state index in [9.17, 15) is 5.11 Å². The van der Waals surface area contributed by atoms with E-state index in [-0.39, 0.29) is 6.10 Å². The standard InChI is InChI=1S/C12H18O/c1-8-3-4-10-6-11(8)7-12(13)5-9(10)2/h3,10-13H,2,4-7H2,1H3/t10-,11+,12-/m0/s1. The van der Waals surface area contributed by atoms with Gasteiger partial charge in [0, 0.05) is 0 Å². The smallest absolute Gasteiger partial charge is 0.0583 e. The van der Waals surface area contributed by atoms with Crippen molar-refractivity contribution in [2.45, 2.75) is 38.7 Å². The molecule has 0 unspecified atom stereocenters. The van der Waals surface area contributed by atoms with Crippen molar-refractivity contribution in [1.29, 1.82) is 0 Å². The lowest BCUT2D eigenvalue weighted by atomic mass is 9.80. The molecule has 72 valence electrons. The molecule has 0 saturated heterocycles. The summed E-state index contributed by atoms with van der Waals surface area (Å²) in [4.78, 5) is 0. The highest BCUT2D eigenvalue weighted by Gasteiger charge is 2.29. The Morgan fingerprint density at radius 3 is 2.92 bits per heavy atom. The fourth-order valence-electron chi connectivity index (χ4n) is 2.62. The lowest BCUT2D eigenvalue weighted by molar-refractivity contribution is 0.154. The van der Waals surface area contributed by atoms with Crippen molar-refractivity contribution in [3.8, 4) is 0 Å². The van der Waals surface area contributed by atoms with Gasteiger partial charge in [0.2, 0.25) is 0 Å². The van der Waals surface area contributed by atoms with Gasteiger partial charge in [-0.2, -0.15) is 0 Å². The molecule has 0 aromatic rings. The molecule has 0 amide bonds. The maximum atomic E-state index is 9.74. The third-order valence-electron chi connectivity index (χ3n) is 3.57. The molecular weight excluding hydrogens is 160 g/mol. The van der Waals surface area contributed by atoms with Crippen molar-refractivity contribution in [2.75, 3.05) is 0 Å². The van der Waals surface area contributed by atoms with Crippen LogP contribution in [0.2, 0.25) is 0 Å². The lowest BCUT2D eigenvalue weighted by Crippen LogP contribution is -2.14. The number of fused-ring (bicyclic) bond motifs is 2. The molecule has 0 aromatic carbocycles. The van der Waals surface area contributed by atoms with Crippen LogP contribution >= 0.6 is 0 Å². The molecule has 1 nitrogen and oxygen atoms in total. The average molecular weight is 178 g/mol. The van der Waals surface area contributed by atoms with Gasteiger partial charge in [-0.05, 0) is 44.4 Å². The molecular formula is C12H18O. The maximum absolute atomic E-state index is 9.74. The zero-order valence-corrected chi connectivity index (χ0v) is 8.29. The second kappa shape index (κ2) is 3.30. The predicted molar refractivity (Wildman–Crippen MR) is 54.4 cm³/mol. The Bertz CT molecular complexity index is 252. The van der Waals surface area contributed by atoms with Crippen LogP contribution in [0.25, 0.3) is 0 Å². The molecule has 0 aromatic heterocycles. The van der Waals surface area contributed by atoms with Crippen molar-refractivity contribution < 1.29 is 5.11 Å². The van der Waals surface area contributed by atoms with Crippen molar-refractivity contribution in [2.24, 2.45) is 11.8 Å². The van der Waals surface area contributed by atoms with Crippen LogP contribution in [-0.2, 0) is 0 Å². The topological polar surface area (TPSA) is 20.2 Å². The Balaban J connectivity index is 2.22. The van der Waals surface area contributed by atoms with Crippen LogP contribution in [0.15, 0.2) is 23.8 Å². The highest BCUT2D eigenvalue weighted by atomic mass is 16.3. The van der Waals surface area contributed by atoms with Crippen molar-refractivity contribution in [1.82, 2.24) is 0 Å². The quantitative estimate of drug-likeness (QED) is 0.565. The van der Waals surface area contributed by atoms with Gasteiger partial charge in [0.15, 0.2) is 0 Å². The van der Waals surface area contributed by atoms with Crippen LogP contribution < -0.4 is 0 Å². The molecule has 1 N–H and O–H groups in total. The summed E-state index contributed by atoms with van der Waals surface area (Å²) in [7, 11) is 0. The summed E-state index contributed by atoms with van der Waals surface area (Å²) in [6.45, 7) is 6.28. The van der Waals surface area contributed by atoms with Crippen LogP contribution in [0, 0.1) is 11.8 Å². The van der Waals surface area contributed by atoms with E-state index in [2.05, 4.69) is 19.6 Å². The summed E-state index contributed by atoms with van der Waals surface area (Å²) in [5, 5.41) is 9.74. The fourth-order valence-corrected chi connectivity index (χ4v) is 2.62. The summed E-state index contributed by atoms with van der Waals surface area (Å²) >= 11 is 0. The zero-order valence-electron chi connectivity index (χ0n) is 8.29. The number of rotatable bonds is 0. The summed E-state index contributed by atoms with van der Waals surface area (Å²) in [5.74, 6) is 1.26. The number of aliphatic hydroxyl groups is 1. The first-order valence-corrected chi connectivity index (χ1v) is 5.19. The van der Waals surface area contributed by atoms with Crippen LogP contribution in [0.1, 0.15) is 32.6 Å². The Kier molecular flexibility index (Phi) is 2.29. The average Bonchev–Trinajstić information content (AvgIpc) is 2.18. The fraction of sp³-hybridized carbons (Fsp3) is 0.667. The third-order valence-corrected chi connectivity index (χ3v) is 3.57. The highest BCUT2D eigenvalue weighted by molar-refractivity contribution is 5.18. The summed E-state index contributed by atoms with van der Waals surface area (Å²) in [5.41, 5.74) is 2.74. The van der Waals surface area contributed by atoms with Gasteiger partial charge in [-0.1, -0.05) is 23.8 Å². The first-order chi connectivity index (χ1) is 6.16. The van der Waals surface area contributed by atoms with E-state index in [1.165, 1.54) is 17.6 Å². The first-order valence-electron chi connectivity index (χ1n) is 5.19. The Hall–Kier alpha value is -0.560. The molecule has 2 bridgehead atoms. The molecule has 0 radical (unpaired) electrons. The second-order valence-corrected chi connectivity index (χ2v) is 4.57. The largest absolute Gasteiger partial charge is 0.393 e. The number of hydrogen-bond donors (Lipinski definition) is 1. The minimum Gasteiger partial charge on any atom is -0.393 e. The van der Waals surface area contributed by atoms with E-state index in [0.29, 0.717) is 11.8 Å². The Morgan fingerprint density at radius 1 is 1.38 bits per heavy atom. The molecule has 2 rings (SSSR count). The molecule has 3 atom stereocenters. The van der Waals surface area contributed by atoms with Gasteiger partial charge in [-0.15, -0.1) is 0 Å². The van der Waals surface area contributed by atoms with Crippen LogP contribution in [0.4, 0.5) is 0 Å². The summed E-state index contributed by atoms with van der Waals surface area (Å²) in [6.07, 6.45) is 6.32. The summed E-state index contributed by atoms with van der Waals surface area (Å²) in [6, 6.07) is 0. The third kappa shape index (κ3) is 1.71. The van der Waals surface area contributed by atoms with Crippen molar-refractivity contribution in [3.05, 3.63) is 23.8 Å². The van der Waals surface area contributed by atoms with Gasteiger partial charge in [-0.3, -0.25) is 0 Å². The van der Waals surface area contributed by atoms with E-state index in [1.54, 1.807) is 0 Å². The van der Waals surface area contributed by atoms with E-state index in [4.69, 9.17) is 0 Å². The van der Waals surface area contributed by atoms with Gasteiger partial charge in [0.05, 0.1) is 6.10 Å². The van der Waals surface area contributed by atoms with Gasteiger partial charge < -0.3 is 5.11 Å². The highest BCUT2D eigenvalue weighted by Crippen LogP contribution is 2.40. The van der Waals surface area contributed by atoms with Crippen molar-refractivity contribution in [3.63, 3.8) is 0 Å². The minimum absolute atomic E-state index is 0.149. The molecule has 0 heterocycles.